The van der Waals surface area contributed by atoms with Crippen molar-refractivity contribution in [1.29, 1.82) is 0 Å². The maximum atomic E-state index is 12.5. The van der Waals surface area contributed by atoms with Gasteiger partial charge in [0.1, 0.15) is 12.1 Å². The third kappa shape index (κ3) is 3.94. The average Bonchev–Trinajstić information content (AvgIpc) is 3.15. The molecule has 128 valence electrons. The van der Waals surface area contributed by atoms with Crippen LogP contribution in [0.15, 0.2) is 54.9 Å². The fourth-order valence-corrected chi connectivity index (χ4v) is 2.27. The zero-order chi connectivity index (χ0) is 17.6. The third-order valence-electron chi connectivity index (χ3n) is 3.37. The van der Waals surface area contributed by atoms with Crippen LogP contribution in [0, 0.1) is 0 Å². The molecule has 0 aliphatic carbocycles. The lowest BCUT2D eigenvalue weighted by atomic mass is 10.1. The normalized spacial score (nSPS) is 10.7. The van der Waals surface area contributed by atoms with Crippen molar-refractivity contribution < 1.29 is 18.3 Å². The zero-order valence-corrected chi connectivity index (χ0v) is 12.8. The van der Waals surface area contributed by atoms with Crippen molar-refractivity contribution in [1.82, 2.24) is 25.5 Å². The lowest BCUT2D eigenvalue weighted by molar-refractivity contribution is -0.0504. The van der Waals surface area contributed by atoms with Crippen LogP contribution in [0.1, 0.15) is 15.9 Å². The van der Waals surface area contributed by atoms with Crippen LogP contribution in [0.25, 0.3) is 5.69 Å². The van der Waals surface area contributed by atoms with E-state index in [0.29, 0.717) is 16.8 Å². The summed E-state index contributed by atoms with van der Waals surface area (Å²) >= 11 is 0. The van der Waals surface area contributed by atoms with Crippen molar-refractivity contribution in [3.63, 3.8) is 0 Å². The van der Waals surface area contributed by atoms with E-state index in [2.05, 4.69) is 25.6 Å². The number of halogens is 2. The number of carbonyl (C=O) groups is 1. The largest absolute Gasteiger partial charge is 0.434 e. The predicted octanol–water partition coefficient (Wildman–Crippen LogP) is 2.19. The molecule has 0 unspecified atom stereocenters. The summed E-state index contributed by atoms with van der Waals surface area (Å²) in [4.78, 5) is 12.5. The molecule has 1 N–H and O–H groups in total. The highest BCUT2D eigenvalue weighted by molar-refractivity contribution is 5.97. The van der Waals surface area contributed by atoms with Gasteiger partial charge >= 0.3 is 6.61 Å². The topological polar surface area (TPSA) is 81.9 Å². The summed E-state index contributed by atoms with van der Waals surface area (Å²) in [5.41, 5.74) is 1.29. The van der Waals surface area contributed by atoms with Crippen molar-refractivity contribution in [2.45, 2.75) is 13.2 Å². The molecule has 1 aromatic heterocycles. The van der Waals surface area contributed by atoms with Crippen LogP contribution in [0.3, 0.4) is 0 Å². The molecule has 25 heavy (non-hydrogen) atoms. The summed E-state index contributed by atoms with van der Waals surface area (Å²) < 4.78 is 30.7. The van der Waals surface area contributed by atoms with E-state index in [0.717, 1.165) is 0 Å². The maximum absolute atomic E-state index is 12.5. The number of hydrogen-bond donors (Lipinski definition) is 1. The van der Waals surface area contributed by atoms with Gasteiger partial charge in [-0.05, 0) is 28.6 Å². The smallest absolute Gasteiger partial charge is 0.387 e. The van der Waals surface area contributed by atoms with Crippen LogP contribution >= 0.6 is 0 Å². The highest BCUT2D eigenvalue weighted by Crippen LogP contribution is 2.20. The van der Waals surface area contributed by atoms with Gasteiger partial charge in [-0.1, -0.05) is 30.3 Å². The van der Waals surface area contributed by atoms with Gasteiger partial charge in [0, 0.05) is 12.1 Å². The number of benzene rings is 2. The molecule has 3 aromatic rings. The lowest BCUT2D eigenvalue weighted by Gasteiger charge is -2.12. The first-order valence-corrected chi connectivity index (χ1v) is 7.28. The van der Waals surface area contributed by atoms with Crippen LogP contribution in [0.4, 0.5) is 8.78 Å². The first kappa shape index (κ1) is 16.5. The summed E-state index contributed by atoms with van der Waals surface area (Å²) in [7, 11) is 0. The number of amides is 1. The maximum Gasteiger partial charge on any atom is 0.387 e. The highest BCUT2D eigenvalue weighted by Gasteiger charge is 2.14. The standard InChI is InChI=1S/C16H13F2N5O2/c17-16(18)25-14-8-4-1-5-11(14)9-19-15(24)12-6-2-3-7-13(12)23-10-20-21-22-23/h1-8,10,16H,9H2,(H,19,24). The number of hydrogen-bond acceptors (Lipinski definition) is 5. The van der Waals surface area contributed by atoms with Crippen molar-refractivity contribution in [3.05, 3.63) is 66.0 Å². The van der Waals surface area contributed by atoms with E-state index in [1.807, 2.05) is 0 Å². The molecule has 1 heterocycles. The average molecular weight is 345 g/mol. The quantitative estimate of drug-likeness (QED) is 0.741. The van der Waals surface area contributed by atoms with Gasteiger partial charge in [-0.2, -0.15) is 13.5 Å². The molecule has 2 aromatic carbocycles. The van der Waals surface area contributed by atoms with Crippen LogP contribution in [-0.4, -0.2) is 32.7 Å². The Morgan fingerprint density at radius 1 is 1.16 bits per heavy atom. The number of alkyl halides is 2. The third-order valence-corrected chi connectivity index (χ3v) is 3.37. The molecule has 7 nitrogen and oxygen atoms in total. The number of aromatic nitrogens is 4. The molecule has 0 fully saturated rings. The Hall–Kier alpha value is -3.36. The number of rotatable bonds is 6. The van der Waals surface area contributed by atoms with Gasteiger partial charge in [0.2, 0.25) is 0 Å². The van der Waals surface area contributed by atoms with Crippen molar-refractivity contribution in [2.75, 3.05) is 0 Å². The Balaban J connectivity index is 1.77. The number of nitrogens with one attached hydrogen (secondary N) is 1. The molecule has 0 aliphatic heterocycles. The molecular weight excluding hydrogens is 332 g/mol. The van der Waals surface area contributed by atoms with Gasteiger partial charge in [0.15, 0.2) is 0 Å². The molecule has 0 bridgehead atoms. The first-order valence-electron chi connectivity index (χ1n) is 7.28. The SMILES string of the molecule is O=C(NCc1ccccc1OC(F)F)c1ccccc1-n1cnnn1. The first-order chi connectivity index (χ1) is 12.1. The Morgan fingerprint density at radius 3 is 2.68 bits per heavy atom. The van der Waals surface area contributed by atoms with Gasteiger partial charge in [-0.25, -0.2) is 0 Å². The van der Waals surface area contributed by atoms with Crippen LogP contribution < -0.4 is 10.1 Å². The molecule has 0 saturated heterocycles. The van der Waals surface area contributed by atoms with E-state index in [1.165, 1.54) is 17.1 Å². The molecule has 0 aliphatic rings. The summed E-state index contributed by atoms with van der Waals surface area (Å²) in [6.45, 7) is -2.90. The Morgan fingerprint density at radius 2 is 1.92 bits per heavy atom. The van der Waals surface area contributed by atoms with Crippen LogP contribution in [0.2, 0.25) is 0 Å². The van der Waals surface area contributed by atoms with Gasteiger partial charge in [-0.3, -0.25) is 4.79 Å². The van der Waals surface area contributed by atoms with E-state index in [9.17, 15) is 13.6 Å². The Kier molecular flexibility index (Phi) is 4.93. The summed E-state index contributed by atoms with van der Waals surface area (Å²) in [5, 5.41) is 13.5. The molecule has 0 saturated carbocycles. The second-order valence-electron chi connectivity index (χ2n) is 4.94. The second-order valence-corrected chi connectivity index (χ2v) is 4.94. The summed E-state index contributed by atoms with van der Waals surface area (Å²) in [6.07, 6.45) is 1.37. The van der Waals surface area contributed by atoms with E-state index < -0.39 is 12.5 Å². The molecule has 1 amide bonds. The van der Waals surface area contributed by atoms with Gasteiger partial charge in [-0.15, -0.1) is 5.10 Å². The second kappa shape index (κ2) is 7.47. The minimum Gasteiger partial charge on any atom is -0.434 e. The van der Waals surface area contributed by atoms with Crippen LogP contribution in [0.5, 0.6) is 5.75 Å². The van der Waals surface area contributed by atoms with Crippen molar-refractivity contribution in [3.8, 4) is 11.4 Å². The minimum absolute atomic E-state index is 0.0200. The van der Waals surface area contributed by atoms with E-state index >= 15 is 0 Å². The van der Waals surface area contributed by atoms with E-state index in [-0.39, 0.29) is 12.3 Å². The number of tetrazole rings is 1. The van der Waals surface area contributed by atoms with Gasteiger partial charge < -0.3 is 10.1 Å². The molecule has 0 radical (unpaired) electrons. The number of nitrogens with zero attached hydrogens (tertiary/aromatic N) is 4. The van der Waals surface area contributed by atoms with Gasteiger partial charge in [0.05, 0.1) is 11.3 Å². The number of carbonyl (C=O) groups excluding carboxylic acids is 1. The minimum atomic E-state index is -2.93. The Bertz CT molecular complexity index is 855. The number of para-hydroxylation sites is 2. The number of ether oxygens (including phenoxy) is 1. The summed E-state index contributed by atoms with van der Waals surface area (Å²) in [6, 6.07) is 13.0. The van der Waals surface area contributed by atoms with E-state index in [1.54, 1.807) is 42.5 Å². The van der Waals surface area contributed by atoms with Gasteiger partial charge in [0.25, 0.3) is 5.91 Å². The van der Waals surface area contributed by atoms with E-state index in [4.69, 9.17) is 0 Å². The van der Waals surface area contributed by atoms with Crippen molar-refractivity contribution >= 4 is 5.91 Å². The highest BCUT2D eigenvalue weighted by atomic mass is 19.3. The monoisotopic (exact) mass is 345 g/mol. The molecule has 9 heteroatoms. The fraction of sp³-hybridized carbons (Fsp3) is 0.125. The molecular formula is C16H13F2N5O2. The van der Waals surface area contributed by atoms with Crippen LogP contribution in [-0.2, 0) is 6.54 Å². The fourth-order valence-electron chi connectivity index (χ4n) is 2.27. The Labute approximate surface area is 141 Å². The van der Waals surface area contributed by atoms with Crippen molar-refractivity contribution in [2.24, 2.45) is 0 Å². The molecule has 3 rings (SSSR count). The zero-order valence-electron chi connectivity index (χ0n) is 12.8. The molecule has 0 spiro atoms. The lowest BCUT2D eigenvalue weighted by Crippen LogP contribution is -2.24. The summed E-state index contributed by atoms with van der Waals surface area (Å²) in [5.74, 6) is -0.371. The predicted molar refractivity (Wildman–Crippen MR) is 83.4 cm³/mol. The molecule has 0 atom stereocenters.